The van der Waals surface area contributed by atoms with Crippen molar-refractivity contribution in [3.05, 3.63) is 75.9 Å². The van der Waals surface area contributed by atoms with Crippen LogP contribution in [0.25, 0.3) is 0 Å². The maximum atomic E-state index is 12.5. The van der Waals surface area contributed by atoms with Crippen LogP contribution in [0.5, 0.6) is 0 Å². The summed E-state index contributed by atoms with van der Waals surface area (Å²) in [5, 5.41) is 6.49. The summed E-state index contributed by atoms with van der Waals surface area (Å²) in [6.45, 7) is 2.20. The number of aromatic nitrogens is 3. The molecular weight excluding hydrogens is 373 g/mol. The molecule has 2 heterocycles. The fraction of sp³-hybridized carbons (Fsp3) is 0.111. The van der Waals surface area contributed by atoms with Gasteiger partial charge in [0.05, 0.1) is 28.0 Å². The minimum atomic E-state index is -0.402. The van der Waals surface area contributed by atoms with Crippen LogP contribution in [-0.2, 0) is 6.54 Å². The Bertz CT molecular complexity index is 934. The third-order valence-corrected chi connectivity index (χ3v) is 4.27. The molecule has 2 aromatic heterocycles. The summed E-state index contributed by atoms with van der Waals surface area (Å²) in [6.07, 6.45) is 1.72. The molecule has 0 aliphatic rings. The second-order valence-corrected chi connectivity index (χ2v) is 6.20. The Labute approximate surface area is 160 Å². The zero-order valence-electron chi connectivity index (χ0n) is 13.8. The molecule has 3 rings (SSSR count). The number of hydrogen-bond donors (Lipinski definition) is 2. The number of benzene rings is 1. The van der Waals surface area contributed by atoms with Gasteiger partial charge in [0, 0.05) is 12.3 Å². The van der Waals surface area contributed by atoms with E-state index in [2.05, 4.69) is 25.6 Å². The van der Waals surface area contributed by atoms with Gasteiger partial charge in [-0.3, -0.25) is 9.78 Å². The molecule has 1 aromatic carbocycles. The van der Waals surface area contributed by atoms with Gasteiger partial charge in [-0.25, -0.2) is 9.97 Å². The van der Waals surface area contributed by atoms with Crippen LogP contribution in [0.2, 0.25) is 10.0 Å². The first kappa shape index (κ1) is 18.1. The number of nitrogens with one attached hydrogen (secondary N) is 2. The van der Waals surface area contributed by atoms with Crippen molar-refractivity contribution in [2.24, 2.45) is 0 Å². The number of nitrogens with zero attached hydrogens (tertiary/aromatic N) is 3. The van der Waals surface area contributed by atoms with E-state index < -0.39 is 5.91 Å². The lowest BCUT2D eigenvalue weighted by atomic mass is 10.3. The van der Waals surface area contributed by atoms with Crippen molar-refractivity contribution in [3.8, 4) is 0 Å². The van der Waals surface area contributed by atoms with Gasteiger partial charge in [-0.15, -0.1) is 0 Å². The van der Waals surface area contributed by atoms with Gasteiger partial charge < -0.3 is 10.6 Å². The predicted molar refractivity (Wildman–Crippen MR) is 103 cm³/mol. The highest BCUT2D eigenvalue weighted by molar-refractivity contribution is 6.44. The average molecular weight is 388 g/mol. The van der Waals surface area contributed by atoms with E-state index >= 15 is 0 Å². The first-order valence-corrected chi connectivity index (χ1v) is 8.53. The summed E-state index contributed by atoms with van der Waals surface area (Å²) in [7, 11) is 0. The van der Waals surface area contributed by atoms with Gasteiger partial charge in [0.15, 0.2) is 0 Å². The highest BCUT2D eigenvalue weighted by Gasteiger charge is 2.13. The molecule has 2 N–H and O–H groups in total. The van der Waals surface area contributed by atoms with Gasteiger partial charge in [-0.1, -0.05) is 35.3 Å². The van der Waals surface area contributed by atoms with Crippen molar-refractivity contribution >= 4 is 40.6 Å². The largest absolute Gasteiger partial charge is 0.364 e. The molecule has 0 atom stereocenters. The SMILES string of the molecule is Cc1nc(NCc2ccccn2)cc(C(=O)Nc2cccc(Cl)c2Cl)n1. The number of carbonyl (C=O) groups is 1. The van der Waals surface area contributed by atoms with E-state index in [0.29, 0.717) is 28.9 Å². The van der Waals surface area contributed by atoms with E-state index in [0.717, 1.165) is 5.69 Å². The predicted octanol–water partition coefficient (Wildman–Crippen LogP) is 4.35. The van der Waals surface area contributed by atoms with Gasteiger partial charge in [0.1, 0.15) is 17.3 Å². The smallest absolute Gasteiger partial charge is 0.274 e. The minimum Gasteiger partial charge on any atom is -0.364 e. The van der Waals surface area contributed by atoms with Crippen LogP contribution in [0.3, 0.4) is 0 Å². The Balaban J connectivity index is 1.76. The van der Waals surface area contributed by atoms with Crippen molar-refractivity contribution in [1.82, 2.24) is 15.0 Å². The summed E-state index contributed by atoms with van der Waals surface area (Å²) in [6, 6.07) is 12.2. The van der Waals surface area contributed by atoms with Gasteiger partial charge in [0.25, 0.3) is 5.91 Å². The van der Waals surface area contributed by atoms with Gasteiger partial charge in [-0.05, 0) is 31.2 Å². The number of amides is 1. The normalized spacial score (nSPS) is 10.4. The summed E-state index contributed by atoms with van der Waals surface area (Å²) in [5.41, 5.74) is 1.50. The molecule has 3 aromatic rings. The highest BCUT2D eigenvalue weighted by atomic mass is 35.5. The van der Waals surface area contributed by atoms with Gasteiger partial charge in [0.2, 0.25) is 0 Å². The van der Waals surface area contributed by atoms with Crippen molar-refractivity contribution in [1.29, 1.82) is 0 Å². The molecule has 0 bridgehead atoms. The van der Waals surface area contributed by atoms with E-state index in [1.807, 2.05) is 18.2 Å². The Hall–Kier alpha value is -2.70. The molecule has 0 spiro atoms. The number of anilines is 2. The van der Waals surface area contributed by atoms with Gasteiger partial charge in [-0.2, -0.15) is 0 Å². The Morgan fingerprint density at radius 3 is 2.73 bits per heavy atom. The van der Waals surface area contributed by atoms with Crippen LogP contribution in [-0.4, -0.2) is 20.9 Å². The summed E-state index contributed by atoms with van der Waals surface area (Å²) in [4.78, 5) is 25.2. The molecule has 26 heavy (non-hydrogen) atoms. The van der Waals surface area contributed by atoms with Crippen LogP contribution in [0.1, 0.15) is 22.0 Å². The molecule has 8 heteroatoms. The van der Waals surface area contributed by atoms with E-state index in [1.54, 1.807) is 37.4 Å². The van der Waals surface area contributed by atoms with Crippen LogP contribution in [0.4, 0.5) is 11.5 Å². The number of carbonyl (C=O) groups excluding carboxylic acids is 1. The van der Waals surface area contributed by atoms with Gasteiger partial charge >= 0.3 is 0 Å². The summed E-state index contributed by atoms with van der Waals surface area (Å²) in [5.74, 6) is 0.601. The fourth-order valence-corrected chi connectivity index (χ4v) is 2.59. The molecular formula is C18H15Cl2N5O. The second kappa shape index (κ2) is 8.12. The summed E-state index contributed by atoms with van der Waals surface area (Å²) < 4.78 is 0. The van der Waals surface area contributed by atoms with Crippen LogP contribution in [0, 0.1) is 6.92 Å². The molecule has 0 saturated heterocycles. The third-order valence-electron chi connectivity index (χ3n) is 3.45. The number of aryl methyl sites for hydroxylation is 1. The lowest BCUT2D eigenvalue weighted by molar-refractivity contribution is 0.102. The Kier molecular flexibility index (Phi) is 5.65. The average Bonchev–Trinajstić information content (AvgIpc) is 2.64. The van der Waals surface area contributed by atoms with Crippen LogP contribution in [0.15, 0.2) is 48.7 Å². The molecule has 0 unspecified atom stereocenters. The lowest BCUT2D eigenvalue weighted by Gasteiger charge is -2.10. The molecule has 1 amide bonds. The zero-order chi connectivity index (χ0) is 18.5. The standard InChI is InChI=1S/C18H15Cl2N5O/c1-11-23-15(18(26)25-14-7-4-6-13(19)17(14)20)9-16(24-11)22-10-12-5-2-3-8-21-12/h2-9H,10H2,1H3,(H,25,26)(H,22,23,24). The number of rotatable bonds is 5. The van der Waals surface area contributed by atoms with Crippen molar-refractivity contribution in [2.45, 2.75) is 13.5 Å². The highest BCUT2D eigenvalue weighted by Crippen LogP contribution is 2.29. The van der Waals surface area contributed by atoms with E-state index in [4.69, 9.17) is 23.2 Å². The zero-order valence-corrected chi connectivity index (χ0v) is 15.3. The van der Waals surface area contributed by atoms with Crippen LogP contribution < -0.4 is 10.6 Å². The number of pyridine rings is 1. The number of halogens is 2. The van der Waals surface area contributed by atoms with Crippen molar-refractivity contribution < 1.29 is 4.79 Å². The first-order valence-electron chi connectivity index (χ1n) is 7.78. The van der Waals surface area contributed by atoms with Crippen LogP contribution >= 0.6 is 23.2 Å². The topological polar surface area (TPSA) is 79.8 Å². The molecule has 0 radical (unpaired) electrons. The molecule has 0 saturated carbocycles. The first-order chi connectivity index (χ1) is 12.5. The third kappa shape index (κ3) is 4.47. The van der Waals surface area contributed by atoms with Crippen molar-refractivity contribution in [2.75, 3.05) is 10.6 Å². The molecule has 132 valence electrons. The maximum Gasteiger partial charge on any atom is 0.274 e. The van der Waals surface area contributed by atoms with E-state index in [9.17, 15) is 4.79 Å². The minimum absolute atomic E-state index is 0.220. The van der Waals surface area contributed by atoms with Crippen molar-refractivity contribution in [3.63, 3.8) is 0 Å². The number of hydrogen-bond acceptors (Lipinski definition) is 5. The van der Waals surface area contributed by atoms with E-state index in [1.165, 1.54) is 0 Å². The molecule has 6 nitrogen and oxygen atoms in total. The Morgan fingerprint density at radius 2 is 1.96 bits per heavy atom. The lowest BCUT2D eigenvalue weighted by Crippen LogP contribution is -2.16. The van der Waals surface area contributed by atoms with E-state index in [-0.39, 0.29) is 10.7 Å². The Morgan fingerprint density at radius 1 is 1.12 bits per heavy atom. The maximum absolute atomic E-state index is 12.5. The second-order valence-electron chi connectivity index (χ2n) is 5.42. The molecule has 0 aliphatic carbocycles. The molecule has 0 fully saturated rings. The monoisotopic (exact) mass is 387 g/mol. The summed E-state index contributed by atoms with van der Waals surface area (Å²) >= 11 is 12.1. The quantitative estimate of drug-likeness (QED) is 0.679. The molecule has 0 aliphatic heterocycles. The fourth-order valence-electron chi connectivity index (χ4n) is 2.25.